The van der Waals surface area contributed by atoms with Gasteiger partial charge in [-0.25, -0.2) is 9.78 Å². The maximum Gasteiger partial charge on any atom is 0.416 e. The van der Waals surface area contributed by atoms with Crippen LogP contribution in [0, 0.1) is 12.3 Å². The van der Waals surface area contributed by atoms with E-state index < -0.39 is 29.0 Å². The summed E-state index contributed by atoms with van der Waals surface area (Å²) in [6.07, 6.45) is -4.45. The number of carbonyl (C=O) groups excluding carboxylic acids is 2. The fourth-order valence-electron chi connectivity index (χ4n) is 3.76. The Labute approximate surface area is 200 Å². The number of hydrogen-bond acceptors (Lipinski definition) is 5. The van der Waals surface area contributed by atoms with E-state index in [9.17, 15) is 22.8 Å². The summed E-state index contributed by atoms with van der Waals surface area (Å²) in [5.74, 6) is -1.43. The molecule has 9 heteroatoms. The highest BCUT2D eigenvalue weighted by molar-refractivity contribution is 7.17. The predicted octanol–water partition coefficient (Wildman–Crippen LogP) is 6.44. The van der Waals surface area contributed by atoms with Crippen LogP contribution in [0.1, 0.15) is 58.7 Å². The summed E-state index contributed by atoms with van der Waals surface area (Å²) in [5.41, 5.74) is -0.0362. The molecule has 1 amide bonds. The minimum Gasteiger partial charge on any atom is -0.462 e. The first-order chi connectivity index (χ1) is 15.9. The molecule has 180 valence electrons. The zero-order valence-corrected chi connectivity index (χ0v) is 20.0. The van der Waals surface area contributed by atoms with Gasteiger partial charge in [0, 0.05) is 5.92 Å². The highest BCUT2D eigenvalue weighted by Gasteiger charge is 2.40. The van der Waals surface area contributed by atoms with Crippen LogP contribution in [0.5, 0.6) is 0 Å². The first-order valence-electron chi connectivity index (χ1n) is 10.6. The maximum absolute atomic E-state index is 13.4. The second-order valence-electron chi connectivity index (χ2n) is 8.29. The van der Waals surface area contributed by atoms with Gasteiger partial charge in [-0.15, -0.1) is 0 Å². The van der Waals surface area contributed by atoms with Crippen LogP contribution in [0.4, 0.5) is 18.3 Å². The van der Waals surface area contributed by atoms with E-state index in [1.807, 2.05) is 30.3 Å². The van der Waals surface area contributed by atoms with Crippen molar-refractivity contribution in [2.24, 2.45) is 5.41 Å². The van der Waals surface area contributed by atoms with Gasteiger partial charge in [0.2, 0.25) is 5.91 Å². The number of ether oxygens (including phenoxy) is 1. The molecular formula is C25H25F3N2O3S. The lowest BCUT2D eigenvalue weighted by molar-refractivity contribution is -0.137. The number of aryl methyl sites for hydroxylation is 1. The van der Waals surface area contributed by atoms with Crippen LogP contribution in [0.2, 0.25) is 0 Å². The molecule has 1 N–H and O–H groups in total. The van der Waals surface area contributed by atoms with Crippen molar-refractivity contribution in [3.8, 4) is 0 Å². The van der Waals surface area contributed by atoms with Crippen LogP contribution in [-0.4, -0.2) is 23.5 Å². The van der Waals surface area contributed by atoms with Gasteiger partial charge in [-0.3, -0.25) is 4.79 Å². The molecule has 1 unspecified atom stereocenters. The lowest BCUT2D eigenvalue weighted by Gasteiger charge is -2.34. The third kappa shape index (κ3) is 5.47. The number of rotatable bonds is 7. The smallest absolute Gasteiger partial charge is 0.416 e. The number of amides is 1. The van der Waals surface area contributed by atoms with Gasteiger partial charge in [-0.2, -0.15) is 13.2 Å². The van der Waals surface area contributed by atoms with E-state index in [0.29, 0.717) is 16.1 Å². The molecule has 3 aromatic rings. The van der Waals surface area contributed by atoms with Gasteiger partial charge < -0.3 is 10.1 Å². The maximum atomic E-state index is 13.4. The SMILES string of the molecule is CCOC(=O)c1sc(NC(=O)C(C)(C)C(c2ccccc2)c2ccc(C(F)(F)F)cc2)nc1C. The van der Waals surface area contributed by atoms with Gasteiger partial charge in [0.25, 0.3) is 0 Å². The number of carbonyl (C=O) groups is 2. The van der Waals surface area contributed by atoms with Crippen LogP contribution in [0.25, 0.3) is 0 Å². The number of aromatic nitrogens is 1. The van der Waals surface area contributed by atoms with Crippen molar-refractivity contribution in [2.75, 3.05) is 11.9 Å². The van der Waals surface area contributed by atoms with Crippen LogP contribution in [-0.2, 0) is 15.7 Å². The number of benzene rings is 2. The fraction of sp³-hybridized carbons (Fsp3) is 0.320. The number of nitrogens with one attached hydrogen (secondary N) is 1. The second-order valence-corrected chi connectivity index (χ2v) is 9.29. The Morgan fingerprint density at radius 1 is 1.03 bits per heavy atom. The minimum atomic E-state index is -4.45. The van der Waals surface area contributed by atoms with Crippen molar-refractivity contribution < 1.29 is 27.5 Å². The van der Waals surface area contributed by atoms with Gasteiger partial charge in [-0.1, -0.05) is 67.6 Å². The molecule has 0 aliphatic carbocycles. The van der Waals surface area contributed by atoms with Gasteiger partial charge in [-0.05, 0) is 37.1 Å². The molecule has 0 aliphatic rings. The molecule has 0 saturated carbocycles. The second kappa shape index (κ2) is 9.97. The van der Waals surface area contributed by atoms with Crippen LogP contribution < -0.4 is 5.32 Å². The molecule has 0 saturated heterocycles. The van der Waals surface area contributed by atoms with E-state index in [-0.39, 0.29) is 17.6 Å². The standard InChI is InChI=1S/C25H25F3N2O3S/c1-5-33-21(31)20-15(2)29-23(34-20)30-22(32)24(3,4)19(16-9-7-6-8-10-16)17-11-13-18(14-12-17)25(26,27)28/h6-14,19H,5H2,1-4H3,(H,29,30,32). The third-order valence-corrected chi connectivity index (χ3v) is 6.54. The summed E-state index contributed by atoms with van der Waals surface area (Å²) in [4.78, 5) is 30.1. The lowest BCUT2D eigenvalue weighted by atomic mass is 9.70. The number of thiazole rings is 1. The van der Waals surface area contributed by atoms with Crippen molar-refractivity contribution in [1.82, 2.24) is 4.98 Å². The first kappa shape index (κ1) is 25.4. The molecule has 0 fully saturated rings. The molecule has 5 nitrogen and oxygen atoms in total. The Kier molecular flexibility index (Phi) is 7.45. The van der Waals surface area contributed by atoms with Gasteiger partial charge in [0.1, 0.15) is 4.88 Å². The number of anilines is 1. The number of hydrogen-bond donors (Lipinski definition) is 1. The van der Waals surface area contributed by atoms with Gasteiger partial charge in [0.05, 0.1) is 23.3 Å². The summed E-state index contributed by atoms with van der Waals surface area (Å²) in [6.45, 7) is 7.02. The van der Waals surface area contributed by atoms with E-state index >= 15 is 0 Å². The number of halogens is 3. The summed E-state index contributed by atoms with van der Waals surface area (Å²) in [5, 5.41) is 3.02. The number of esters is 1. The highest BCUT2D eigenvalue weighted by Crippen LogP contribution is 2.43. The molecule has 0 radical (unpaired) electrons. The largest absolute Gasteiger partial charge is 0.462 e. The van der Waals surface area contributed by atoms with E-state index in [1.165, 1.54) is 12.1 Å². The first-order valence-corrected chi connectivity index (χ1v) is 11.4. The Hall–Kier alpha value is -3.20. The quantitative estimate of drug-likeness (QED) is 0.387. The average molecular weight is 491 g/mol. The Balaban J connectivity index is 1.95. The van der Waals surface area contributed by atoms with Crippen molar-refractivity contribution in [1.29, 1.82) is 0 Å². The zero-order valence-electron chi connectivity index (χ0n) is 19.2. The van der Waals surface area contributed by atoms with E-state index in [4.69, 9.17) is 4.74 Å². The molecule has 3 rings (SSSR count). The van der Waals surface area contributed by atoms with E-state index in [1.54, 1.807) is 27.7 Å². The summed E-state index contributed by atoms with van der Waals surface area (Å²) in [6, 6.07) is 14.0. The van der Waals surface area contributed by atoms with Crippen molar-refractivity contribution in [3.05, 3.63) is 81.9 Å². The zero-order chi connectivity index (χ0) is 25.1. The Morgan fingerprint density at radius 3 is 2.18 bits per heavy atom. The summed E-state index contributed by atoms with van der Waals surface area (Å²) < 4.78 is 44.3. The molecule has 1 aromatic heterocycles. The molecule has 1 atom stereocenters. The summed E-state index contributed by atoms with van der Waals surface area (Å²) in [7, 11) is 0. The average Bonchev–Trinajstić information content (AvgIpc) is 3.14. The van der Waals surface area contributed by atoms with E-state index in [0.717, 1.165) is 29.0 Å². The Bertz CT molecular complexity index is 1160. The molecule has 1 heterocycles. The van der Waals surface area contributed by atoms with Gasteiger partial charge in [0.15, 0.2) is 5.13 Å². The minimum absolute atomic E-state index is 0.219. The molecule has 0 bridgehead atoms. The van der Waals surface area contributed by atoms with Crippen LogP contribution in [0.15, 0.2) is 54.6 Å². The highest BCUT2D eigenvalue weighted by atomic mass is 32.1. The monoisotopic (exact) mass is 490 g/mol. The Morgan fingerprint density at radius 2 is 1.62 bits per heavy atom. The van der Waals surface area contributed by atoms with Gasteiger partial charge >= 0.3 is 12.1 Å². The predicted molar refractivity (Wildman–Crippen MR) is 125 cm³/mol. The molecule has 0 aliphatic heterocycles. The topological polar surface area (TPSA) is 68.3 Å². The summed E-state index contributed by atoms with van der Waals surface area (Å²) >= 11 is 1.02. The fourth-order valence-corrected chi connectivity index (χ4v) is 4.62. The van der Waals surface area contributed by atoms with Crippen molar-refractivity contribution in [2.45, 2.75) is 39.8 Å². The van der Waals surface area contributed by atoms with E-state index in [2.05, 4.69) is 10.3 Å². The van der Waals surface area contributed by atoms with Crippen molar-refractivity contribution >= 4 is 28.3 Å². The molecular weight excluding hydrogens is 465 g/mol. The normalized spacial score (nSPS) is 12.8. The van der Waals surface area contributed by atoms with Crippen molar-refractivity contribution in [3.63, 3.8) is 0 Å². The lowest BCUT2D eigenvalue weighted by Crippen LogP contribution is -2.37. The third-order valence-electron chi connectivity index (χ3n) is 5.49. The molecule has 34 heavy (non-hydrogen) atoms. The van der Waals surface area contributed by atoms with Crippen LogP contribution in [0.3, 0.4) is 0 Å². The molecule has 2 aromatic carbocycles. The number of nitrogens with zero attached hydrogens (tertiary/aromatic N) is 1. The van der Waals surface area contributed by atoms with Crippen LogP contribution >= 0.6 is 11.3 Å². The molecule has 0 spiro atoms. The number of alkyl halides is 3.